The molecule has 7 nitrogen and oxygen atoms in total. The quantitative estimate of drug-likeness (QED) is 0.413. The lowest BCUT2D eigenvalue weighted by Gasteiger charge is -2.20. The highest BCUT2D eigenvalue weighted by Crippen LogP contribution is 2.32. The number of aromatic nitrogens is 2. The summed E-state index contributed by atoms with van der Waals surface area (Å²) in [5.74, 6) is -0.676. The first kappa shape index (κ1) is 21.0. The number of nitrogens with zero attached hydrogens (tertiary/aromatic N) is 4. The predicted molar refractivity (Wildman–Crippen MR) is 127 cm³/mol. The molecule has 2 aromatic heterocycles. The fraction of sp³-hybridized carbons (Fsp3) is 0.160. The molecule has 0 radical (unpaired) electrons. The van der Waals surface area contributed by atoms with Gasteiger partial charge in [-0.1, -0.05) is 29.5 Å². The van der Waals surface area contributed by atoms with Crippen molar-refractivity contribution in [1.82, 2.24) is 9.97 Å². The van der Waals surface area contributed by atoms with E-state index in [9.17, 15) is 14.4 Å². The first-order chi connectivity index (χ1) is 16.0. The van der Waals surface area contributed by atoms with Crippen molar-refractivity contribution in [2.24, 2.45) is 0 Å². The van der Waals surface area contributed by atoms with Gasteiger partial charge >= 0.3 is 0 Å². The van der Waals surface area contributed by atoms with Gasteiger partial charge in [0.05, 0.1) is 28.1 Å². The summed E-state index contributed by atoms with van der Waals surface area (Å²) in [5.41, 5.74) is 3.57. The van der Waals surface area contributed by atoms with Gasteiger partial charge < -0.3 is 0 Å². The van der Waals surface area contributed by atoms with E-state index in [-0.39, 0.29) is 37.1 Å². The van der Waals surface area contributed by atoms with Gasteiger partial charge in [0, 0.05) is 24.6 Å². The topological polar surface area (TPSA) is 83.5 Å². The molecule has 5 rings (SSSR count). The number of amides is 3. The van der Waals surface area contributed by atoms with Crippen molar-refractivity contribution in [1.29, 1.82) is 0 Å². The van der Waals surface area contributed by atoms with E-state index in [0.717, 1.165) is 21.5 Å². The van der Waals surface area contributed by atoms with Crippen molar-refractivity contribution in [3.05, 3.63) is 83.7 Å². The van der Waals surface area contributed by atoms with Gasteiger partial charge in [-0.2, -0.15) is 0 Å². The standard InChI is InChI=1S/C25H20N4O3S/c1-16-5-4-7-20-23(16)27-25(33-20)28(15-18-6-2-3-14-26-18)24(32)17-8-10-19(11-9-17)29-21(30)12-13-22(29)31/h2-11,14H,12-13,15H2,1H3. The van der Waals surface area contributed by atoms with Crippen LogP contribution in [0.15, 0.2) is 66.9 Å². The third-order valence-electron chi connectivity index (χ3n) is 5.56. The molecule has 0 aliphatic carbocycles. The number of anilines is 2. The molecule has 1 aliphatic heterocycles. The van der Waals surface area contributed by atoms with Gasteiger partial charge in [0.25, 0.3) is 5.91 Å². The van der Waals surface area contributed by atoms with Gasteiger partial charge in [-0.05, 0) is 55.0 Å². The summed E-state index contributed by atoms with van der Waals surface area (Å²) < 4.78 is 1.00. The number of imide groups is 1. The Morgan fingerprint density at radius 2 is 1.76 bits per heavy atom. The van der Waals surface area contributed by atoms with Crippen LogP contribution in [0.25, 0.3) is 10.2 Å². The number of aryl methyl sites for hydroxylation is 1. The highest BCUT2D eigenvalue weighted by molar-refractivity contribution is 7.22. The lowest BCUT2D eigenvalue weighted by atomic mass is 10.1. The molecule has 0 saturated carbocycles. The molecule has 1 aliphatic rings. The van der Waals surface area contributed by atoms with Crippen molar-refractivity contribution >= 4 is 50.1 Å². The van der Waals surface area contributed by atoms with Crippen LogP contribution in [0.3, 0.4) is 0 Å². The van der Waals surface area contributed by atoms with Crippen LogP contribution in [0.2, 0.25) is 0 Å². The fourth-order valence-electron chi connectivity index (χ4n) is 3.84. The number of hydrogen-bond acceptors (Lipinski definition) is 6. The second-order valence-corrected chi connectivity index (χ2v) is 8.81. The summed E-state index contributed by atoms with van der Waals surface area (Å²) in [6.45, 7) is 2.26. The maximum atomic E-state index is 13.6. The normalized spacial score (nSPS) is 13.7. The molecule has 0 spiro atoms. The van der Waals surface area contributed by atoms with Gasteiger partial charge in [-0.3, -0.25) is 29.2 Å². The zero-order valence-electron chi connectivity index (χ0n) is 17.9. The summed E-state index contributed by atoms with van der Waals surface area (Å²) in [6, 6.07) is 18.1. The second-order valence-electron chi connectivity index (χ2n) is 7.80. The first-order valence-electron chi connectivity index (χ1n) is 10.5. The zero-order valence-corrected chi connectivity index (χ0v) is 18.7. The summed E-state index contributed by atoms with van der Waals surface area (Å²) in [5, 5.41) is 0.587. The maximum Gasteiger partial charge on any atom is 0.260 e. The minimum absolute atomic E-state index is 0.217. The summed E-state index contributed by atoms with van der Waals surface area (Å²) >= 11 is 1.45. The molecule has 1 saturated heterocycles. The Morgan fingerprint density at radius 1 is 1.00 bits per heavy atom. The summed E-state index contributed by atoms with van der Waals surface area (Å²) in [7, 11) is 0. The minimum Gasteiger partial charge on any atom is -0.278 e. The number of fused-ring (bicyclic) bond motifs is 1. The van der Waals surface area contributed by atoms with E-state index >= 15 is 0 Å². The highest BCUT2D eigenvalue weighted by Gasteiger charge is 2.30. The average Bonchev–Trinajstić information content (AvgIpc) is 3.41. The molecule has 2 aromatic carbocycles. The number of hydrogen-bond donors (Lipinski definition) is 0. The van der Waals surface area contributed by atoms with Crippen LogP contribution >= 0.6 is 11.3 Å². The molecule has 3 amide bonds. The van der Waals surface area contributed by atoms with Gasteiger partial charge in [0.1, 0.15) is 0 Å². The van der Waals surface area contributed by atoms with Crippen LogP contribution in [0.5, 0.6) is 0 Å². The monoisotopic (exact) mass is 456 g/mol. The third kappa shape index (κ3) is 4.01. The van der Waals surface area contributed by atoms with Crippen molar-refractivity contribution in [3.8, 4) is 0 Å². The van der Waals surface area contributed by atoms with E-state index in [1.807, 2.05) is 43.3 Å². The lowest BCUT2D eigenvalue weighted by Crippen LogP contribution is -2.31. The Balaban J connectivity index is 1.50. The molecule has 8 heteroatoms. The Morgan fingerprint density at radius 3 is 2.42 bits per heavy atom. The van der Waals surface area contributed by atoms with E-state index in [1.54, 1.807) is 35.4 Å². The fourth-order valence-corrected chi connectivity index (χ4v) is 4.88. The van der Waals surface area contributed by atoms with Crippen molar-refractivity contribution in [2.75, 3.05) is 9.80 Å². The van der Waals surface area contributed by atoms with Crippen molar-refractivity contribution in [3.63, 3.8) is 0 Å². The van der Waals surface area contributed by atoms with Crippen molar-refractivity contribution < 1.29 is 14.4 Å². The van der Waals surface area contributed by atoms with Gasteiger partial charge in [0.2, 0.25) is 11.8 Å². The van der Waals surface area contributed by atoms with Crippen LogP contribution in [-0.2, 0) is 16.1 Å². The Hall–Kier alpha value is -3.91. The molecule has 33 heavy (non-hydrogen) atoms. The predicted octanol–water partition coefficient (Wildman–Crippen LogP) is 4.50. The average molecular weight is 457 g/mol. The van der Waals surface area contributed by atoms with Crippen molar-refractivity contribution in [2.45, 2.75) is 26.3 Å². The number of pyridine rings is 1. The number of benzene rings is 2. The molecule has 0 N–H and O–H groups in total. The molecule has 164 valence electrons. The smallest absolute Gasteiger partial charge is 0.260 e. The number of rotatable bonds is 5. The molecule has 3 heterocycles. The summed E-state index contributed by atoms with van der Waals surface area (Å²) in [6.07, 6.45) is 2.13. The zero-order chi connectivity index (χ0) is 22.9. The summed E-state index contributed by atoms with van der Waals surface area (Å²) in [4.78, 5) is 49.6. The number of carbonyl (C=O) groups excluding carboxylic acids is 3. The molecular formula is C25H20N4O3S. The highest BCUT2D eigenvalue weighted by atomic mass is 32.1. The van der Waals surface area contributed by atoms with Crippen LogP contribution in [0, 0.1) is 6.92 Å². The minimum atomic E-state index is -0.233. The van der Waals surface area contributed by atoms with E-state index in [4.69, 9.17) is 4.98 Å². The van der Waals surface area contributed by atoms with Gasteiger partial charge in [-0.25, -0.2) is 4.98 Å². The maximum absolute atomic E-state index is 13.6. The van der Waals surface area contributed by atoms with Gasteiger partial charge in [0.15, 0.2) is 5.13 Å². The number of para-hydroxylation sites is 1. The van der Waals surface area contributed by atoms with E-state index < -0.39 is 0 Å². The Labute approximate surface area is 194 Å². The Bertz CT molecular complexity index is 1350. The Kier molecular flexibility index (Phi) is 5.43. The first-order valence-corrected chi connectivity index (χ1v) is 11.4. The van der Waals surface area contributed by atoms with Crippen LogP contribution in [0.1, 0.15) is 34.5 Å². The lowest BCUT2D eigenvalue weighted by molar-refractivity contribution is -0.121. The van der Waals surface area contributed by atoms with Crippen LogP contribution in [0.4, 0.5) is 10.8 Å². The van der Waals surface area contributed by atoms with Gasteiger partial charge in [-0.15, -0.1) is 0 Å². The third-order valence-corrected chi connectivity index (χ3v) is 6.60. The number of thiazole rings is 1. The SMILES string of the molecule is Cc1cccc2sc(N(Cc3ccccn3)C(=O)c3ccc(N4C(=O)CCC4=O)cc3)nc12. The van der Waals surface area contributed by atoms with E-state index in [1.165, 1.54) is 16.2 Å². The van der Waals surface area contributed by atoms with E-state index in [0.29, 0.717) is 16.4 Å². The number of carbonyl (C=O) groups is 3. The molecular weight excluding hydrogens is 436 g/mol. The molecule has 0 bridgehead atoms. The molecule has 0 atom stereocenters. The van der Waals surface area contributed by atoms with Crippen LogP contribution in [-0.4, -0.2) is 27.7 Å². The molecule has 1 fully saturated rings. The molecule has 0 unspecified atom stereocenters. The molecule has 4 aromatic rings. The van der Waals surface area contributed by atoms with E-state index in [2.05, 4.69) is 4.98 Å². The van der Waals surface area contributed by atoms with Crippen LogP contribution < -0.4 is 9.80 Å². The second kappa shape index (κ2) is 8.55. The largest absolute Gasteiger partial charge is 0.278 e.